The van der Waals surface area contributed by atoms with E-state index in [4.69, 9.17) is 4.74 Å². The summed E-state index contributed by atoms with van der Waals surface area (Å²) in [5.41, 5.74) is 2.10. The summed E-state index contributed by atoms with van der Waals surface area (Å²) >= 11 is 0. The molecule has 0 saturated heterocycles. The van der Waals surface area contributed by atoms with Crippen LogP contribution in [0, 0.1) is 5.82 Å². The minimum absolute atomic E-state index is 0.246. The smallest absolute Gasteiger partial charge is 0.298 e. The number of benzene rings is 2. The van der Waals surface area contributed by atoms with Gasteiger partial charge in [-0.2, -0.15) is 0 Å². The Morgan fingerprint density at radius 2 is 1.88 bits per heavy atom. The highest BCUT2D eigenvalue weighted by Crippen LogP contribution is 2.19. The monoisotopic (exact) mass is 335 g/mol. The number of methoxy groups -OCH3 is 1. The number of fused-ring (bicyclic) bond motifs is 1. The lowest BCUT2D eigenvalue weighted by molar-refractivity contribution is 0.414. The predicted molar refractivity (Wildman–Crippen MR) is 92.7 cm³/mol. The van der Waals surface area contributed by atoms with Crippen LogP contribution in [0.15, 0.2) is 71.9 Å². The molecule has 2 aromatic carbocycles. The highest BCUT2D eigenvalue weighted by molar-refractivity contribution is 5.62. The van der Waals surface area contributed by atoms with Gasteiger partial charge in [-0.3, -0.25) is 9.36 Å². The zero-order chi connectivity index (χ0) is 17.4. The van der Waals surface area contributed by atoms with Crippen LogP contribution in [0.4, 0.5) is 4.39 Å². The molecule has 6 heteroatoms. The van der Waals surface area contributed by atoms with Gasteiger partial charge in [-0.1, -0.05) is 6.07 Å². The van der Waals surface area contributed by atoms with Crippen molar-refractivity contribution in [1.82, 2.24) is 14.0 Å². The second-order valence-corrected chi connectivity index (χ2v) is 5.54. The highest BCUT2D eigenvalue weighted by atomic mass is 19.1. The zero-order valence-electron chi connectivity index (χ0n) is 13.4. The third-order valence-electron chi connectivity index (χ3n) is 3.99. The molecule has 2 aromatic heterocycles. The number of rotatable bonds is 3. The minimum Gasteiger partial charge on any atom is -0.497 e. The van der Waals surface area contributed by atoms with Crippen LogP contribution in [0.25, 0.3) is 22.6 Å². The van der Waals surface area contributed by atoms with Gasteiger partial charge in [0.05, 0.1) is 18.5 Å². The van der Waals surface area contributed by atoms with E-state index in [0.717, 1.165) is 5.56 Å². The summed E-state index contributed by atoms with van der Waals surface area (Å²) in [4.78, 5) is 17.2. The van der Waals surface area contributed by atoms with E-state index in [-0.39, 0.29) is 11.4 Å². The summed E-state index contributed by atoms with van der Waals surface area (Å²) in [6.07, 6.45) is 5.19. The first-order valence-electron chi connectivity index (χ1n) is 7.66. The van der Waals surface area contributed by atoms with Gasteiger partial charge in [-0.05, 0) is 36.4 Å². The van der Waals surface area contributed by atoms with E-state index in [0.29, 0.717) is 22.8 Å². The summed E-state index contributed by atoms with van der Waals surface area (Å²) in [6, 6.07) is 13.2. The number of ether oxygens (including phenoxy) is 1. The number of aromatic nitrogens is 3. The Morgan fingerprint density at radius 3 is 2.64 bits per heavy atom. The van der Waals surface area contributed by atoms with Crippen LogP contribution in [0.3, 0.4) is 0 Å². The van der Waals surface area contributed by atoms with Crippen molar-refractivity contribution in [2.45, 2.75) is 0 Å². The third kappa shape index (κ3) is 2.67. The molecule has 25 heavy (non-hydrogen) atoms. The molecule has 0 saturated carbocycles. The number of imidazole rings is 1. The Labute approximate surface area is 142 Å². The van der Waals surface area contributed by atoms with E-state index in [1.54, 1.807) is 48.3 Å². The predicted octanol–water partition coefficient (Wildman–Crippen LogP) is 3.30. The highest BCUT2D eigenvalue weighted by Gasteiger charge is 2.10. The first kappa shape index (κ1) is 15.1. The number of hydrogen-bond donors (Lipinski definition) is 0. The van der Waals surface area contributed by atoms with Crippen molar-refractivity contribution in [2.75, 3.05) is 7.11 Å². The normalized spacial score (nSPS) is 11.0. The lowest BCUT2D eigenvalue weighted by atomic mass is 10.2. The van der Waals surface area contributed by atoms with E-state index in [1.807, 2.05) is 18.2 Å². The summed E-state index contributed by atoms with van der Waals surface area (Å²) in [5, 5.41) is 0. The quantitative estimate of drug-likeness (QED) is 0.577. The van der Waals surface area contributed by atoms with Crippen molar-refractivity contribution in [1.29, 1.82) is 0 Å². The van der Waals surface area contributed by atoms with E-state index in [1.165, 1.54) is 16.7 Å². The SMILES string of the molecule is COc1cccc(-n2ccn3cc(-c4ccc(F)cc4)nc3c2=O)c1. The Kier molecular flexibility index (Phi) is 3.57. The molecule has 0 N–H and O–H groups in total. The van der Waals surface area contributed by atoms with Crippen LogP contribution in [-0.2, 0) is 0 Å². The Balaban J connectivity index is 1.85. The molecule has 0 spiro atoms. The van der Waals surface area contributed by atoms with E-state index < -0.39 is 0 Å². The molecule has 0 radical (unpaired) electrons. The second-order valence-electron chi connectivity index (χ2n) is 5.54. The largest absolute Gasteiger partial charge is 0.497 e. The second kappa shape index (κ2) is 5.90. The van der Waals surface area contributed by atoms with Crippen molar-refractivity contribution < 1.29 is 9.13 Å². The Bertz CT molecular complexity index is 1110. The molecule has 0 aliphatic carbocycles. The maximum Gasteiger partial charge on any atom is 0.298 e. The molecule has 0 fully saturated rings. The van der Waals surface area contributed by atoms with E-state index in [9.17, 15) is 9.18 Å². The van der Waals surface area contributed by atoms with Crippen LogP contribution >= 0.6 is 0 Å². The number of nitrogens with zero attached hydrogens (tertiary/aromatic N) is 3. The molecule has 4 aromatic rings. The van der Waals surface area contributed by atoms with Crippen molar-refractivity contribution in [2.24, 2.45) is 0 Å². The van der Waals surface area contributed by atoms with E-state index >= 15 is 0 Å². The molecule has 2 heterocycles. The van der Waals surface area contributed by atoms with Gasteiger partial charge in [0.1, 0.15) is 11.6 Å². The fourth-order valence-corrected chi connectivity index (χ4v) is 2.70. The van der Waals surface area contributed by atoms with Gasteiger partial charge in [0.25, 0.3) is 5.56 Å². The molecular formula is C19H14FN3O2. The molecule has 0 amide bonds. The summed E-state index contributed by atoms with van der Waals surface area (Å²) in [6.45, 7) is 0. The Morgan fingerprint density at radius 1 is 1.08 bits per heavy atom. The van der Waals surface area contributed by atoms with Gasteiger partial charge in [0, 0.05) is 30.2 Å². The molecule has 5 nitrogen and oxygen atoms in total. The van der Waals surface area contributed by atoms with Crippen molar-refractivity contribution in [3.05, 3.63) is 83.3 Å². The van der Waals surface area contributed by atoms with Crippen molar-refractivity contribution in [3.63, 3.8) is 0 Å². The van der Waals surface area contributed by atoms with Crippen molar-refractivity contribution >= 4 is 5.65 Å². The van der Waals surface area contributed by atoms with Crippen LogP contribution in [-0.4, -0.2) is 21.1 Å². The molecule has 0 bridgehead atoms. The van der Waals surface area contributed by atoms with Gasteiger partial charge >= 0.3 is 0 Å². The fourth-order valence-electron chi connectivity index (χ4n) is 2.70. The summed E-state index contributed by atoms with van der Waals surface area (Å²) in [5.74, 6) is 0.354. The van der Waals surface area contributed by atoms with Crippen LogP contribution < -0.4 is 10.3 Å². The maximum absolute atomic E-state index is 13.1. The molecule has 0 aliphatic rings. The van der Waals surface area contributed by atoms with Crippen LogP contribution in [0.2, 0.25) is 0 Å². The minimum atomic E-state index is -0.312. The molecule has 0 aliphatic heterocycles. The first-order valence-corrected chi connectivity index (χ1v) is 7.66. The van der Waals surface area contributed by atoms with Crippen LogP contribution in [0.5, 0.6) is 5.75 Å². The molecular weight excluding hydrogens is 321 g/mol. The molecule has 0 unspecified atom stereocenters. The average Bonchev–Trinajstić information content (AvgIpc) is 3.08. The van der Waals surface area contributed by atoms with Gasteiger partial charge in [-0.15, -0.1) is 0 Å². The number of hydrogen-bond acceptors (Lipinski definition) is 3. The molecule has 0 atom stereocenters. The first-order chi connectivity index (χ1) is 12.2. The van der Waals surface area contributed by atoms with Gasteiger partial charge in [0.2, 0.25) is 5.65 Å². The average molecular weight is 335 g/mol. The molecule has 124 valence electrons. The van der Waals surface area contributed by atoms with E-state index in [2.05, 4.69) is 4.98 Å². The van der Waals surface area contributed by atoms with Gasteiger partial charge < -0.3 is 9.14 Å². The Hall–Kier alpha value is -3.41. The fraction of sp³-hybridized carbons (Fsp3) is 0.0526. The molecule has 4 rings (SSSR count). The van der Waals surface area contributed by atoms with Crippen LogP contribution in [0.1, 0.15) is 0 Å². The summed E-state index contributed by atoms with van der Waals surface area (Å²) < 4.78 is 21.5. The lowest BCUT2D eigenvalue weighted by Gasteiger charge is -2.07. The third-order valence-corrected chi connectivity index (χ3v) is 3.99. The number of halogens is 1. The standard InChI is InChI=1S/C19H14FN3O2/c1-25-16-4-2-3-15(11-16)23-10-9-22-12-17(21-18(22)19(23)24)13-5-7-14(20)8-6-13/h2-12H,1H3. The maximum atomic E-state index is 13.1. The topological polar surface area (TPSA) is 48.5 Å². The van der Waals surface area contributed by atoms with Gasteiger partial charge in [-0.25, -0.2) is 9.37 Å². The van der Waals surface area contributed by atoms with Gasteiger partial charge in [0.15, 0.2) is 0 Å². The summed E-state index contributed by atoms with van der Waals surface area (Å²) in [7, 11) is 1.58. The lowest BCUT2D eigenvalue weighted by Crippen LogP contribution is -2.19. The van der Waals surface area contributed by atoms with Crippen molar-refractivity contribution in [3.8, 4) is 22.7 Å². The zero-order valence-corrected chi connectivity index (χ0v) is 13.4.